The summed E-state index contributed by atoms with van der Waals surface area (Å²) in [6, 6.07) is 89.7. The van der Waals surface area contributed by atoms with E-state index in [0.29, 0.717) is 0 Å². The first-order valence-corrected chi connectivity index (χ1v) is 27.7. The van der Waals surface area contributed by atoms with Gasteiger partial charge in [0, 0.05) is 49.3 Å². The van der Waals surface area contributed by atoms with Crippen molar-refractivity contribution in [3.8, 4) is 101 Å². The van der Waals surface area contributed by atoms with Crippen LogP contribution in [0.15, 0.2) is 259 Å². The van der Waals surface area contributed by atoms with Crippen molar-refractivity contribution in [2.75, 3.05) is 0 Å². The van der Waals surface area contributed by atoms with Crippen LogP contribution in [-0.2, 0) is 0 Å². The number of aromatic nitrogens is 2. The molecule has 13 aromatic rings. The maximum atomic E-state index is 7.73. The molecule has 3 nitrogen and oxygen atoms in total. The Hall–Kier alpha value is -9.00. The Kier molecular flexibility index (Phi) is 9.46. The molecule has 0 N–H and O–H groups in total. The zero-order valence-corrected chi connectivity index (χ0v) is 41.3. The largest absolute Gasteiger partial charge is 0.464 e. The lowest BCUT2D eigenvalue weighted by Gasteiger charge is -2.33. The summed E-state index contributed by atoms with van der Waals surface area (Å²) in [6.07, 6.45) is 3.72. The third kappa shape index (κ3) is 6.29. The number of benzene rings is 9. The molecule has 0 aliphatic heterocycles. The van der Waals surface area contributed by atoms with Crippen LogP contribution < -0.4 is 20.9 Å². The van der Waals surface area contributed by atoms with Crippen molar-refractivity contribution < 1.29 is 4.42 Å². The number of thiophene rings is 1. The molecule has 73 heavy (non-hydrogen) atoms. The van der Waals surface area contributed by atoms with Crippen molar-refractivity contribution in [3.63, 3.8) is 0 Å². The van der Waals surface area contributed by atoms with Crippen LogP contribution in [0.1, 0.15) is 0 Å². The van der Waals surface area contributed by atoms with Gasteiger partial charge in [-0.2, -0.15) is 0 Å². The van der Waals surface area contributed by atoms with E-state index in [1.165, 1.54) is 91.4 Å². The summed E-state index contributed by atoms with van der Waals surface area (Å²) in [5.41, 5.74) is 19.0. The predicted molar refractivity (Wildman–Crippen MR) is 307 cm³/mol. The van der Waals surface area contributed by atoms with Crippen LogP contribution in [-0.4, -0.2) is 18.0 Å². The average molecular weight is 963 g/mol. The molecule has 0 saturated heterocycles. The highest BCUT2D eigenvalue weighted by Crippen LogP contribution is 2.51. The fourth-order valence-electron chi connectivity index (χ4n) is 12.1. The van der Waals surface area contributed by atoms with Gasteiger partial charge in [0.15, 0.2) is 0 Å². The second-order valence-electron chi connectivity index (χ2n) is 19.1. The minimum atomic E-state index is -3.34. The van der Waals surface area contributed by atoms with Gasteiger partial charge in [0.1, 0.15) is 11.5 Å². The van der Waals surface area contributed by atoms with Gasteiger partial charge in [-0.25, -0.2) is 0 Å². The SMILES string of the molecule is c1ccc([Si](c2ccccc2)(c2ccc3c(c2)-c2ccccc2-c2ccccc2-c2cc(-c4cccc5c4sc4ccccc45)ccc2-3)c2cc3c(o2)-c2cccnc2-c2ncccc2-c2ccccc2-3)cc1. The predicted octanol–water partition coefficient (Wildman–Crippen LogP) is 15.4. The summed E-state index contributed by atoms with van der Waals surface area (Å²) in [5, 5.41) is 7.26. The molecule has 0 bridgehead atoms. The molecule has 4 aromatic heterocycles. The maximum absolute atomic E-state index is 7.73. The Morgan fingerprint density at radius 3 is 1.47 bits per heavy atom. The third-order valence-electron chi connectivity index (χ3n) is 15.3. The van der Waals surface area contributed by atoms with E-state index in [4.69, 9.17) is 14.4 Å². The first kappa shape index (κ1) is 41.7. The van der Waals surface area contributed by atoms with Gasteiger partial charge in [-0.15, -0.1) is 11.3 Å². The van der Waals surface area contributed by atoms with Crippen LogP contribution in [0.2, 0.25) is 0 Å². The lowest BCUT2D eigenvalue weighted by atomic mass is 9.80. The highest BCUT2D eigenvalue weighted by atomic mass is 32.1. The van der Waals surface area contributed by atoms with Crippen LogP contribution in [0.5, 0.6) is 0 Å². The summed E-state index contributed by atoms with van der Waals surface area (Å²) in [7, 11) is -3.34. The van der Waals surface area contributed by atoms with Crippen molar-refractivity contribution in [2.45, 2.75) is 0 Å². The number of rotatable bonds is 5. The highest BCUT2D eigenvalue weighted by molar-refractivity contribution is 7.26. The molecule has 0 atom stereocenters. The van der Waals surface area contributed by atoms with Gasteiger partial charge in [-0.1, -0.05) is 206 Å². The van der Waals surface area contributed by atoms with Crippen molar-refractivity contribution in [1.29, 1.82) is 0 Å². The summed E-state index contributed by atoms with van der Waals surface area (Å²) in [6.45, 7) is 0. The lowest BCUT2D eigenvalue weighted by Crippen LogP contribution is -2.74. The van der Waals surface area contributed by atoms with Crippen molar-refractivity contribution >= 4 is 60.5 Å². The van der Waals surface area contributed by atoms with E-state index < -0.39 is 8.07 Å². The topological polar surface area (TPSA) is 38.9 Å². The molecule has 0 spiro atoms. The number of fused-ring (bicyclic) bond motifs is 19. The van der Waals surface area contributed by atoms with Crippen LogP contribution >= 0.6 is 11.3 Å². The molecular weight excluding hydrogens is 921 g/mol. The maximum Gasteiger partial charge on any atom is 0.223 e. The fourth-order valence-corrected chi connectivity index (χ4v) is 17.9. The first-order valence-electron chi connectivity index (χ1n) is 24.9. The second kappa shape index (κ2) is 16.5. The van der Waals surface area contributed by atoms with Crippen LogP contribution in [0.4, 0.5) is 0 Å². The van der Waals surface area contributed by atoms with Gasteiger partial charge in [0.25, 0.3) is 0 Å². The Bertz CT molecular complexity index is 4220. The minimum Gasteiger partial charge on any atom is -0.464 e. The number of hydrogen-bond donors (Lipinski definition) is 0. The molecule has 4 heterocycles. The molecule has 9 aromatic carbocycles. The van der Waals surface area contributed by atoms with Crippen molar-refractivity contribution in [2.24, 2.45) is 0 Å². The fraction of sp³-hybridized carbons (Fsp3) is 0. The Morgan fingerprint density at radius 2 is 0.795 bits per heavy atom. The quantitative estimate of drug-likeness (QED) is 0.127. The standard InChI is InChI=1S/C68H42N2OSSi/c1-3-18-44(19-4-1)73(45-20-5-2-6-21-45,64-42-62-53-27-12-9-24-50(53)57-31-16-38-69-65(57)66-59(67(62)71-64)32-17-39-70-66)46-35-37-55-54-36-34-43(47-29-15-30-58-56-28-13-14-33-63(56)72-68(47)58)40-60(54)51-25-10-7-22-48(51)49-23-8-11-26-52(49)61(55)41-46/h1-42H. The van der Waals surface area contributed by atoms with E-state index in [2.05, 4.69) is 231 Å². The highest BCUT2D eigenvalue weighted by Gasteiger charge is 2.46. The number of furan rings is 1. The minimum absolute atomic E-state index is 0.801. The van der Waals surface area contributed by atoms with Crippen LogP contribution in [0.25, 0.3) is 121 Å². The Morgan fingerprint density at radius 1 is 0.315 bits per heavy atom. The first-order chi connectivity index (χ1) is 36.2. The van der Waals surface area contributed by atoms with Crippen molar-refractivity contribution in [1.82, 2.24) is 9.97 Å². The number of hydrogen-bond acceptors (Lipinski definition) is 4. The van der Waals surface area contributed by atoms with Gasteiger partial charge in [0.2, 0.25) is 8.07 Å². The number of nitrogens with zero attached hydrogens (tertiary/aromatic N) is 2. The zero-order valence-electron chi connectivity index (χ0n) is 39.5. The van der Waals surface area contributed by atoms with E-state index >= 15 is 0 Å². The monoisotopic (exact) mass is 962 g/mol. The smallest absolute Gasteiger partial charge is 0.223 e. The molecule has 15 rings (SSSR count). The molecule has 0 saturated carbocycles. The number of pyridine rings is 2. The average Bonchev–Trinajstić information content (AvgIpc) is 4.10. The Labute approximate surface area is 428 Å². The third-order valence-corrected chi connectivity index (χ3v) is 21.1. The van der Waals surface area contributed by atoms with Gasteiger partial charge in [-0.05, 0) is 119 Å². The molecule has 0 unspecified atom stereocenters. The molecular formula is C68H42N2OSSi. The van der Waals surface area contributed by atoms with E-state index in [-0.39, 0.29) is 0 Å². The molecule has 5 heteroatoms. The van der Waals surface area contributed by atoms with E-state index in [1.807, 2.05) is 35.9 Å². The van der Waals surface area contributed by atoms with E-state index in [0.717, 1.165) is 50.3 Å². The van der Waals surface area contributed by atoms with Crippen molar-refractivity contribution in [3.05, 3.63) is 255 Å². The van der Waals surface area contributed by atoms with Gasteiger partial charge < -0.3 is 4.42 Å². The normalized spacial score (nSPS) is 12.1. The lowest BCUT2D eigenvalue weighted by molar-refractivity contribution is 0.615. The second-order valence-corrected chi connectivity index (χ2v) is 23.8. The molecule has 2 aliphatic carbocycles. The van der Waals surface area contributed by atoms with Gasteiger partial charge in [-0.3, -0.25) is 9.97 Å². The van der Waals surface area contributed by atoms with Gasteiger partial charge >= 0.3 is 0 Å². The molecule has 0 amide bonds. The molecule has 0 radical (unpaired) electrons. The summed E-state index contributed by atoms with van der Waals surface area (Å²) >= 11 is 1.88. The van der Waals surface area contributed by atoms with Crippen LogP contribution in [0.3, 0.4) is 0 Å². The summed E-state index contributed by atoms with van der Waals surface area (Å²) in [5.74, 6) is 0.801. The zero-order chi connectivity index (χ0) is 48.0. The molecule has 2 aliphatic rings. The van der Waals surface area contributed by atoms with E-state index in [9.17, 15) is 0 Å². The summed E-state index contributed by atoms with van der Waals surface area (Å²) in [4.78, 5) is 10.0. The van der Waals surface area contributed by atoms with E-state index in [1.54, 1.807) is 0 Å². The molecule has 340 valence electrons. The Balaban J connectivity index is 1.02. The molecule has 0 fully saturated rings. The van der Waals surface area contributed by atoms with Crippen LogP contribution in [0, 0.1) is 0 Å². The van der Waals surface area contributed by atoms with Gasteiger partial charge in [0.05, 0.1) is 11.1 Å². The summed E-state index contributed by atoms with van der Waals surface area (Å²) < 4.78 is 10.4.